The highest BCUT2D eigenvalue weighted by atomic mass is 16.6. The standard InChI is InChI=1S/C23H26N3O3/c1-15(2)14-24-19-10-9-18(26(28)29)11-17(19)13-23(3,4)22(24)25-20-8-6-5-7-16(20)12-21(25)27/h5-11,22H,12-14H2,1-4H3. The van der Waals surface area contributed by atoms with E-state index in [9.17, 15) is 14.9 Å². The number of carbonyl (C=O) groups excluding carboxylic acids is 1. The predicted octanol–water partition coefficient (Wildman–Crippen LogP) is 4.51. The second kappa shape index (κ2) is 6.87. The molecule has 1 radical (unpaired) electrons. The van der Waals surface area contributed by atoms with Gasteiger partial charge in [0.05, 0.1) is 11.3 Å². The van der Waals surface area contributed by atoms with Crippen LogP contribution in [0.1, 0.15) is 38.8 Å². The van der Waals surface area contributed by atoms with Crippen LogP contribution < -0.4 is 9.80 Å². The Balaban J connectivity index is 1.86. The summed E-state index contributed by atoms with van der Waals surface area (Å²) in [5, 5.41) is 11.3. The summed E-state index contributed by atoms with van der Waals surface area (Å²) >= 11 is 0. The molecule has 0 saturated carbocycles. The molecule has 29 heavy (non-hydrogen) atoms. The fraction of sp³-hybridized carbons (Fsp3) is 0.391. The first-order valence-corrected chi connectivity index (χ1v) is 9.92. The quantitative estimate of drug-likeness (QED) is 0.567. The molecule has 0 aromatic heterocycles. The minimum atomic E-state index is -0.346. The third-order valence-corrected chi connectivity index (χ3v) is 5.82. The van der Waals surface area contributed by atoms with Gasteiger partial charge in [-0.2, -0.15) is 0 Å². The number of anilines is 2. The Bertz CT molecular complexity index is 983. The van der Waals surface area contributed by atoms with Crippen molar-refractivity contribution in [1.82, 2.24) is 0 Å². The second-order valence-corrected chi connectivity index (χ2v) is 9.01. The van der Waals surface area contributed by atoms with E-state index in [4.69, 9.17) is 0 Å². The Labute approximate surface area is 171 Å². The first-order valence-electron chi connectivity index (χ1n) is 9.92. The molecule has 151 valence electrons. The van der Waals surface area contributed by atoms with Crippen molar-refractivity contribution in [2.75, 3.05) is 16.3 Å². The number of hydrogen-bond donors (Lipinski definition) is 0. The predicted molar refractivity (Wildman–Crippen MR) is 114 cm³/mol. The Morgan fingerprint density at radius 1 is 1.14 bits per heavy atom. The lowest BCUT2D eigenvalue weighted by molar-refractivity contribution is -0.384. The van der Waals surface area contributed by atoms with Crippen molar-refractivity contribution in [3.05, 3.63) is 69.6 Å². The monoisotopic (exact) mass is 392 g/mol. The summed E-state index contributed by atoms with van der Waals surface area (Å²) in [5.41, 5.74) is 3.78. The van der Waals surface area contributed by atoms with Crippen LogP contribution in [0.2, 0.25) is 0 Å². The maximum Gasteiger partial charge on any atom is 0.269 e. The minimum absolute atomic E-state index is 0.105. The number of hydrogen-bond acceptors (Lipinski definition) is 4. The van der Waals surface area contributed by atoms with Gasteiger partial charge in [0, 0.05) is 35.5 Å². The molecular weight excluding hydrogens is 366 g/mol. The maximum atomic E-state index is 13.1. The van der Waals surface area contributed by atoms with Crippen molar-refractivity contribution in [3.8, 4) is 0 Å². The highest BCUT2D eigenvalue weighted by Gasteiger charge is 2.48. The van der Waals surface area contributed by atoms with Gasteiger partial charge in [-0.1, -0.05) is 45.9 Å². The van der Waals surface area contributed by atoms with Crippen molar-refractivity contribution in [2.24, 2.45) is 5.41 Å². The van der Waals surface area contributed by atoms with Gasteiger partial charge in [0.2, 0.25) is 5.91 Å². The number of rotatable bonds is 4. The van der Waals surface area contributed by atoms with Gasteiger partial charge in [-0.25, -0.2) is 0 Å². The molecule has 2 aromatic carbocycles. The summed E-state index contributed by atoms with van der Waals surface area (Å²) in [7, 11) is 0. The van der Waals surface area contributed by atoms with Crippen molar-refractivity contribution >= 4 is 23.0 Å². The van der Waals surface area contributed by atoms with E-state index in [1.165, 1.54) is 5.92 Å². The van der Waals surface area contributed by atoms with E-state index in [0.717, 1.165) is 22.5 Å². The summed E-state index contributed by atoms with van der Waals surface area (Å²) < 4.78 is 0. The van der Waals surface area contributed by atoms with Gasteiger partial charge >= 0.3 is 0 Å². The van der Waals surface area contributed by atoms with Crippen LogP contribution in [0.4, 0.5) is 17.1 Å². The first-order chi connectivity index (χ1) is 13.7. The molecule has 2 aliphatic heterocycles. The SMILES string of the molecule is C[C](C)CN1c2ccc([N+](=O)[O-])cc2CC(C)(C)C1N1C(=O)Cc2ccccc21. The first kappa shape index (κ1) is 19.4. The van der Waals surface area contributed by atoms with E-state index in [-0.39, 0.29) is 28.1 Å². The average molecular weight is 392 g/mol. The normalized spacial score (nSPS) is 20.0. The number of non-ortho nitro benzene ring substituents is 1. The molecule has 0 N–H and O–H groups in total. The van der Waals surface area contributed by atoms with Gasteiger partial charge in [0.25, 0.3) is 5.69 Å². The molecular formula is C23H26N3O3. The molecule has 0 saturated heterocycles. The largest absolute Gasteiger partial charge is 0.349 e. The van der Waals surface area contributed by atoms with Gasteiger partial charge in [-0.15, -0.1) is 0 Å². The van der Waals surface area contributed by atoms with E-state index < -0.39 is 0 Å². The van der Waals surface area contributed by atoms with Gasteiger partial charge in [-0.05, 0) is 35.6 Å². The molecule has 2 aliphatic rings. The number of carbonyl (C=O) groups is 1. The van der Waals surface area contributed by atoms with Crippen molar-refractivity contribution < 1.29 is 9.72 Å². The van der Waals surface area contributed by atoms with Crippen LogP contribution in [0.25, 0.3) is 0 Å². The lowest BCUT2D eigenvalue weighted by atomic mass is 9.76. The van der Waals surface area contributed by atoms with Crippen LogP contribution in [0, 0.1) is 21.4 Å². The van der Waals surface area contributed by atoms with Crippen LogP contribution in [0.5, 0.6) is 0 Å². The number of nitrogens with zero attached hydrogens (tertiary/aromatic N) is 3. The van der Waals surface area contributed by atoms with E-state index in [1.807, 2.05) is 35.2 Å². The molecule has 2 aromatic rings. The van der Waals surface area contributed by atoms with Crippen LogP contribution in [-0.4, -0.2) is 23.5 Å². The lowest BCUT2D eigenvalue weighted by Crippen LogP contribution is -2.61. The maximum absolute atomic E-state index is 13.1. The third-order valence-electron chi connectivity index (χ3n) is 5.82. The zero-order valence-corrected chi connectivity index (χ0v) is 17.3. The molecule has 0 fully saturated rings. The fourth-order valence-electron chi connectivity index (χ4n) is 4.79. The fourth-order valence-corrected chi connectivity index (χ4v) is 4.79. The molecule has 4 rings (SSSR count). The van der Waals surface area contributed by atoms with E-state index in [1.54, 1.807) is 12.1 Å². The van der Waals surface area contributed by atoms with Gasteiger partial charge in [-0.3, -0.25) is 19.8 Å². The second-order valence-electron chi connectivity index (χ2n) is 9.01. The van der Waals surface area contributed by atoms with E-state index in [2.05, 4.69) is 32.6 Å². The molecule has 1 amide bonds. The Hall–Kier alpha value is -2.89. The third kappa shape index (κ3) is 3.26. The minimum Gasteiger partial charge on any atom is -0.349 e. The molecule has 1 unspecified atom stereocenters. The number of nitro groups is 1. The smallest absolute Gasteiger partial charge is 0.269 e. The van der Waals surface area contributed by atoms with Crippen molar-refractivity contribution in [3.63, 3.8) is 0 Å². The van der Waals surface area contributed by atoms with Gasteiger partial charge in [0.1, 0.15) is 6.17 Å². The van der Waals surface area contributed by atoms with Gasteiger partial charge < -0.3 is 4.90 Å². The summed E-state index contributed by atoms with van der Waals surface area (Å²) in [4.78, 5) is 28.3. The van der Waals surface area contributed by atoms with Crippen molar-refractivity contribution in [1.29, 1.82) is 0 Å². The van der Waals surface area contributed by atoms with Crippen molar-refractivity contribution in [2.45, 2.75) is 46.7 Å². The van der Waals surface area contributed by atoms with Crippen LogP contribution in [0.15, 0.2) is 42.5 Å². The topological polar surface area (TPSA) is 66.7 Å². The van der Waals surface area contributed by atoms with Crippen LogP contribution in [0.3, 0.4) is 0 Å². The summed E-state index contributed by atoms with van der Waals surface area (Å²) in [6.07, 6.45) is 0.917. The number of para-hydroxylation sites is 1. The average Bonchev–Trinajstić information content (AvgIpc) is 2.95. The Kier molecular flexibility index (Phi) is 4.60. The summed E-state index contributed by atoms with van der Waals surface area (Å²) in [5.74, 6) is 1.32. The molecule has 1 atom stereocenters. The summed E-state index contributed by atoms with van der Waals surface area (Å²) in [6, 6.07) is 13.1. The molecule has 0 bridgehead atoms. The zero-order chi connectivity index (χ0) is 20.9. The summed E-state index contributed by atoms with van der Waals surface area (Å²) in [6.45, 7) is 9.12. The zero-order valence-electron chi connectivity index (χ0n) is 17.3. The number of amides is 1. The molecule has 6 nitrogen and oxygen atoms in total. The van der Waals surface area contributed by atoms with Gasteiger partial charge in [0.15, 0.2) is 0 Å². The number of benzene rings is 2. The lowest BCUT2D eigenvalue weighted by Gasteiger charge is -2.52. The van der Waals surface area contributed by atoms with Crippen LogP contribution in [-0.2, 0) is 17.6 Å². The number of nitro benzene ring substituents is 1. The molecule has 0 spiro atoms. The highest BCUT2D eigenvalue weighted by molar-refractivity contribution is 6.02. The number of fused-ring (bicyclic) bond motifs is 2. The molecule has 6 heteroatoms. The highest BCUT2D eigenvalue weighted by Crippen LogP contribution is 2.46. The van der Waals surface area contributed by atoms with Crippen LogP contribution >= 0.6 is 0 Å². The van der Waals surface area contributed by atoms with E-state index in [0.29, 0.717) is 19.4 Å². The Morgan fingerprint density at radius 2 is 1.86 bits per heavy atom. The Morgan fingerprint density at radius 3 is 2.55 bits per heavy atom. The van der Waals surface area contributed by atoms with E-state index >= 15 is 0 Å². The molecule has 0 aliphatic carbocycles. The molecule has 2 heterocycles.